The van der Waals surface area contributed by atoms with Crippen molar-refractivity contribution in [2.45, 2.75) is 6.42 Å². The number of esters is 1. The number of hydrogen-bond donors (Lipinski definition) is 1. The van der Waals surface area contributed by atoms with E-state index in [1.165, 1.54) is 7.11 Å². The van der Waals surface area contributed by atoms with Crippen molar-refractivity contribution in [2.24, 2.45) is 5.92 Å². The second-order valence-corrected chi connectivity index (χ2v) is 5.38. The lowest BCUT2D eigenvalue weighted by Crippen LogP contribution is -2.27. The van der Waals surface area contributed by atoms with Crippen molar-refractivity contribution in [2.75, 3.05) is 24.3 Å². The maximum Gasteiger partial charge on any atom is 0.311 e. The zero-order valence-electron chi connectivity index (χ0n) is 9.85. The third-order valence-electron chi connectivity index (χ3n) is 2.94. The fourth-order valence-electron chi connectivity index (χ4n) is 2.02. The first-order chi connectivity index (χ1) is 8.52. The summed E-state index contributed by atoms with van der Waals surface area (Å²) < 4.78 is 5.66. The zero-order chi connectivity index (χ0) is 13.3. The first kappa shape index (κ1) is 13.1. The Morgan fingerprint density at radius 2 is 2.28 bits per heavy atom. The Morgan fingerprint density at radius 3 is 2.94 bits per heavy atom. The molecule has 0 saturated carbocycles. The van der Waals surface area contributed by atoms with Gasteiger partial charge in [-0.2, -0.15) is 0 Å². The van der Waals surface area contributed by atoms with Gasteiger partial charge in [-0.3, -0.25) is 9.59 Å². The van der Waals surface area contributed by atoms with Crippen molar-refractivity contribution in [1.82, 2.24) is 0 Å². The van der Waals surface area contributed by atoms with Gasteiger partial charge in [0.1, 0.15) is 0 Å². The van der Waals surface area contributed by atoms with Crippen LogP contribution in [0.25, 0.3) is 0 Å². The van der Waals surface area contributed by atoms with Crippen LogP contribution in [0.3, 0.4) is 0 Å². The van der Waals surface area contributed by atoms with Gasteiger partial charge in [-0.25, -0.2) is 0 Å². The predicted molar refractivity (Wildman–Crippen MR) is 76.0 cm³/mol. The summed E-state index contributed by atoms with van der Waals surface area (Å²) in [5.41, 5.74) is 7.07. The van der Waals surface area contributed by atoms with Gasteiger partial charge in [0.15, 0.2) is 0 Å². The lowest BCUT2D eigenvalue weighted by Gasteiger charge is -2.18. The van der Waals surface area contributed by atoms with Gasteiger partial charge >= 0.3 is 5.97 Å². The van der Waals surface area contributed by atoms with Gasteiger partial charge in [0, 0.05) is 16.5 Å². The minimum Gasteiger partial charge on any atom is -0.469 e. The van der Waals surface area contributed by atoms with Crippen LogP contribution in [-0.2, 0) is 14.3 Å². The molecule has 1 saturated heterocycles. The molecule has 0 radical (unpaired) electrons. The fourth-order valence-corrected chi connectivity index (χ4v) is 2.49. The summed E-state index contributed by atoms with van der Waals surface area (Å²) in [4.78, 5) is 24.9. The number of amides is 1. The summed E-state index contributed by atoms with van der Waals surface area (Å²) in [6, 6.07) is 5.47. The largest absolute Gasteiger partial charge is 0.469 e. The molecule has 1 unspecified atom stereocenters. The van der Waals surface area contributed by atoms with Crippen molar-refractivity contribution in [3.63, 3.8) is 0 Å². The number of methoxy groups -OCH3 is 1. The maximum atomic E-state index is 11.9. The monoisotopic (exact) mass is 360 g/mol. The highest BCUT2D eigenvalue weighted by Gasteiger charge is 2.36. The molecule has 0 bridgehead atoms. The lowest BCUT2D eigenvalue weighted by atomic mass is 10.1. The highest BCUT2D eigenvalue weighted by Crippen LogP contribution is 2.31. The molecule has 1 aliphatic heterocycles. The van der Waals surface area contributed by atoms with Crippen molar-refractivity contribution in [3.8, 4) is 0 Å². The molecule has 96 valence electrons. The molecule has 2 rings (SSSR count). The van der Waals surface area contributed by atoms with E-state index >= 15 is 0 Å². The Bertz CT molecular complexity index is 504. The minimum absolute atomic E-state index is 0.0981. The third-order valence-corrected chi connectivity index (χ3v) is 3.61. The molecule has 1 aromatic rings. The average Bonchev–Trinajstić information content (AvgIpc) is 2.73. The van der Waals surface area contributed by atoms with Gasteiger partial charge in [-0.15, -0.1) is 0 Å². The molecule has 1 aliphatic rings. The van der Waals surface area contributed by atoms with Gasteiger partial charge in [-0.1, -0.05) is 0 Å². The van der Waals surface area contributed by atoms with E-state index in [0.717, 1.165) is 3.57 Å². The number of benzene rings is 1. The van der Waals surface area contributed by atoms with E-state index in [-0.39, 0.29) is 18.3 Å². The van der Waals surface area contributed by atoms with Crippen LogP contribution in [0.1, 0.15) is 6.42 Å². The molecule has 2 N–H and O–H groups in total. The summed E-state index contributed by atoms with van der Waals surface area (Å²) in [6.07, 6.45) is 0.178. The smallest absolute Gasteiger partial charge is 0.311 e. The van der Waals surface area contributed by atoms with E-state index in [4.69, 9.17) is 5.73 Å². The van der Waals surface area contributed by atoms with Crippen LogP contribution in [0.15, 0.2) is 18.2 Å². The summed E-state index contributed by atoms with van der Waals surface area (Å²) in [7, 11) is 1.33. The Morgan fingerprint density at radius 1 is 1.56 bits per heavy atom. The molecule has 1 amide bonds. The second-order valence-electron chi connectivity index (χ2n) is 4.13. The number of nitrogens with zero attached hydrogens (tertiary/aromatic N) is 1. The quantitative estimate of drug-likeness (QED) is 0.492. The van der Waals surface area contributed by atoms with Gasteiger partial charge in [0.25, 0.3) is 0 Å². The molecule has 0 aromatic heterocycles. The number of hydrogen-bond acceptors (Lipinski definition) is 4. The number of halogens is 1. The average molecular weight is 360 g/mol. The van der Waals surface area contributed by atoms with Crippen molar-refractivity contribution in [1.29, 1.82) is 0 Å². The van der Waals surface area contributed by atoms with Gasteiger partial charge < -0.3 is 15.4 Å². The molecular formula is C12H13IN2O3. The van der Waals surface area contributed by atoms with Crippen LogP contribution in [0.2, 0.25) is 0 Å². The number of ether oxygens (including phenoxy) is 1. The standard InChI is InChI=1S/C12H13IN2O3/c1-18-12(17)7-4-11(16)15(6-7)10-5-8(13)2-3-9(10)14/h2-3,5,7H,4,6,14H2,1H3. The predicted octanol–water partition coefficient (Wildman–Crippen LogP) is 1.40. The minimum atomic E-state index is -0.403. The van der Waals surface area contributed by atoms with E-state index in [1.54, 1.807) is 11.0 Å². The van der Waals surface area contributed by atoms with Crippen molar-refractivity contribution < 1.29 is 14.3 Å². The number of nitrogens with two attached hydrogens (primary N) is 1. The van der Waals surface area contributed by atoms with Crippen molar-refractivity contribution in [3.05, 3.63) is 21.8 Å². The summed E-state index contributed by atoms with van der Waals surface area (Å²) >= 11 is 2.16. The number of rotatable bonds is 2. The molecule has 18 heavy (non-hydrogen) atoms. The second kappa shape index (κ2) is 5.13. The summed E-state index contributed by atoms with van der Waals surface area (Å²) in [5.74, 6) is -0.853. The molecular weight excluding hydrogens is 347 g/mol. The van der Waals surface area contributed by atoms with Gasteiger partial charge in [-0.05, 0) is 40.8 Å². The topological polar surface area (TPSA) is 72.6 Å². The Balaban J connectivity index is 2.27. The molecule has 0 aliphatic carbocycles. The Hall–Kier alpha value is -1.31. The number of anilines is 2. The first-order valence-electron chi connectivity index (χ1n) is 5.46. The van der Waals surface area contributed by atoms with Gasteiger partial charge in [0.05, 0.1) is 24.4 Å². The SMILES string of the molecule is COC(=O)C1CC(=O)N(c2cc(I)ccc2N)C1. The highest BCUT2D eigenvalue weighted by atomic mass is 127. The number of carbonyl (C=O) groups excluding carboxylic acids is 2. The van der Waals surface area contributed by atoms with Crippen LogP contribution < -0.4 is 10.6 Å². The summed E-state index contributed by atoms with van der Waals surface area (Å²) in [5, 5.41) is 0. The Labute approximate surface area is 118 Å². The fraction of sp³-hybridized carbons (Fsp3) is 0.333. The van der Waals surface area contributed by atoms with Crippen LogP contribution in [-0.4, -0.2) is 25.5 Å². The van der Waals surface area contributed by atoms with Crippen LogP contribution >= 0.6 is 22.6 Å². The number of carbonyl (C=O) groups is 2. The molecule has 1 aromatic carbocycles. The molecule has 1 fully saturated rings. The van der Waals surface area contributed by atoms with E-state index in [1.807, 2.05) is 12.1 Å². The number of nitrogen functional groups attached to an aromatic ring is 1. The normalized spacial score (nSPS) is 19.1. The molecule has 1 atom stereocenters. The van der Waals surface area contributed by atoms with E-state index < -0.39 is 5.92 Å². The van der Waals surface area contributed by atoms with Crippen molar-refractivity contribution >= 4 is 45.8 Å². The maximum absolute atomic E-state index is 11.9. The molecule has 6 heteroatoms. The molecule has 0 spiro atoms. The molecule has 5 nitrogen and oxygen atoms in total. The van der Waals surface area contributed by atoms with E-state index in [9.17, 15) is 9.59 Å². The van der Waals surface area contributed by atoms with Crippen LogP contribution in [0.4, 0.5) is 11.4 Å². The molecule has 1 heterocycles. The van der Waals surface area contributed by atoms with E-state index in [0.29, 0.717) is 17.9 Å². The highest BCUT2D eigenvalue weighted by molar-refractivity contribution is 14.1. The first-order valence-corrected chi connectivity index (χ1v) is 6.54. The summed E-state index contributed by atoms with van der Waals surface area (Å²) in [6.45, 7) is 0.329. The zero-order valence-corrected chi connectivity index (χ0v) is 12.0. The third kappa shape index (κ3) is 2.43. The lowest BCUT2D eigenvalue weighted by molar-refractivity contribution is -0.145. The van der Waals surface area contributed by atoms with Crippen LogP contribution in [0, 0.1) is 9.49 Å². The van der Waals surface area contributed by atoms with E-state index in [2.05, 4.69) is 27.3 Å². The Kier molecular flexibility index (Phi) is 3.74. The van der Waals surface area contributed by atoms with Crippen LogP contribution in [0.5, 0.6) is 0 Å². The van der Waals surface area contributed by atoms with Gasteiger partial charge in [0.2, 0.25) is 5.91 Å².